The lowest BCUT2D eigenvalue weighted by Gasteiger charge is -2.16. The number of amides is 1. The Balaban J connectivity index is 1.64. The van der Waals surface area contributed by atoms with Crippen molar-refractivity contribution in [1.29, 1.82) is 0 Å². The van der Waals surface area contributed by atoms with Crippen molar-refractivity contribution in [2.45, 2.75) is 19.5 Å². The van der Waals surface area contributed by atoms with Crippen molar-refractivity contribution in [2.75, 3.05) is 0 Å². The minimum Gasteiger partial charge on any atom is -0.348 e. The molecular weight excluding hydrogens is 359 g/mol. The van der Waals surface area contributed by atoms with Gasteiger partial charge in [-0.05, 0) is 48.2 Å². The van der Waals surface area contributed by atoms with Gasteiger partial charge in [-0.25, -0.2) is 4.39 Å². The lowest BCUT2D eigenvalue weighted by molar-refractivity contribution is -0.122. The van der Waals surface area contributed by atoms with Gasteiger partial charge < -0.3 is 9.88 Å². The molecule has 0 fully saturated rings. The molecule has 1 N–H and O–H groups in total. The first-order chi connectivity index (χ1) is 13.1. The van der Waals surface area contributed by atoms with E-state index in [0.29, 0.717) is 0 Å². The van der Waals surface area contributed by atoms with Crippen LogP contribution in [0.15, 0.2) is 72.1 Å². The lowest BCUT2D eigenvalue weighted by atomic mass is 10.1. The van der Waals surface area contributed by atoms with Gasteiger partial charge in [0.2, 0.25) is 5.91 Å². The standard InChI is InChI=1S/C22H19FN2OS/c1-15(16-6-3-2-4-7-16)24-22(26)14-25-19-10-9-18(23)12-17(19)13-20(25)21-8-5-11-27-21/h2-13,15H,14H2,1H3,(H,24,26)/t15-/m0/s1. The summed E-state index contributed by atoms with van der Waals surface area (Å²) in [4.78, 5) is 13.8. The highest BCUT2D eigenvalue weighted by atomic mass is 32.1. The van der Waals surface area contributed by atoms with Gasteiger partial charge in [-0.3, -0.25) is 4.79 Å². The summed E-state index contributed by atoms with van der Waals surface area (Å²) in [5.74, 6) is -0.356. The third-order valence-electron chi connectivity index (χ3n) is 4.62. The summed E-state index contributed by atoms with van der Waals surface area (Å²) in [7, 11) is 0. The van der Waals surface area contributed by atoms with E-state index >= 15 is 0 Å². The number of hydrogen-bond acceptors (Lipinski definition) is 2. The van der Waals surface area contributed by atoms with E-state index in [1.165, 1.54) is 12.1 Å². The maximum atomic E-state index is 13.7. The molecule has 27 heavy (non-hydrogen) atoms. The van der Waals surface area contributed by atoms with E-state index in [0.717, 1.165) is 27.0 Å². The van der Waals surface area contributed by atoms with E-state index in [1.54, 1.807) is 17.4 Å². The normalized spacial score (nSPS) is 12.2. The van der Waals surface area contributed by atoms with Gasteiger partial charge in [0, 0.05) is 10.9 Å². The summed E-state index contributed by atoms with van der Waals surface area (Å²) in [6, 6.07) is 20.4. The average Bonchev–Trinajstić information content (AvgIpc) is 3.30. The zero-order chi connectivity index (χ0) is 18.8. The first-order valence-electron chi connectivity index (χ1n) is 8.79. The highest BCUT2D eigenvalue weighted by Gasteiger charge is 2.16. The SMILES string of the molecule is C[C@H](NC(=O)Cn1c(-c2cccs2)cc2cc(F)ccc21)c1ccccc1. The molecule has 4 aromatic rings. The first kappa shape index (κ1) is 17.5. The Labute approximate surface area is 161 Å². The van der Waals surface area contributed by atoms with Crippen molar-refractivity contribution < 1.29 is 9.18 Å². The summed E-state index contributed by atoms with van der Waals surface area (Å²) < 4.78 is 15.6. The quantitative estimate of drug-likeness (QED) is 0.497. The van der Waals surface area contributed by atoms with Crippen LogP contribution in [0.4, 0.5) is 4.39 Å². The average molecular weight is 378 g/mol. The summed E-state index contributed by atoms with van der Waals surface area (Å²) in [5.41, 5.74) is 2.83. The third kappa shape index (κ3) is 3.64. The second kappa shape index (κ2) is 7.37. The summed E-state index contributed by atoms with van der Waals surface area (Å²) in [5, 5.41) is 5.84. The van der Waals surface area contributed by atoms with Crippen LogP contribution in [0.3, 0.4) is 0 Å². The number of fused-ring (bicyclic) bond motifs is 1. The molecule has 1 atom stereocenters. The van der Waals surface area contributed by atoms with Crippen LogP contribution >= 0.6 is 11.3 Å². The van der Waals surface area contributed by atoms with Crippen molar-refractivity contribution in [1.82, 2.24) is 9.88 Å². The number of nitrogens with one attached hydrogen (secondary N) is 1. The summed E-state index contributed by atoms with van der Waals surface area (Å²) in [6.07, 6.45) is 0. The highest BCUT2D eigenvalue weighted by Crippen LogP contribution is 2.31. The van der Waals surface area contributed by atoms with Gasteiger partial charge in [0.15, 0.2) is 0 Å². The van der Waals surface area contributed by atoms with E-state index in [-0.39, 0.29) is 24.3 Å². The fraction of sp³-hybridized carbons (Fsp3) is 0.136. The Morgan fingerprint density at radius 3 is 2.67 bits per heavy atom. The van der Waals surface area contributed by atoms with E-state index < -0.39 is 0 Å². The Bertz CT molecular complexity index is 1070. The van der Waals surface area contributed by atoms with Gasteiger partial charge in [0.25, 0.3) is 0 Å². The summed E-state index contributed by atoms with van der Waals surface area (Å²) in [6.45, 7) is 2.15. The molecule has 2 heterocycles. The minimum absolute atomic E-state index is 0.0778. The van der Waals surface area contributed by atoms with Crippen LogP contribution in [-0.2, 0) is 11.3 Å². The zero-order valence-electron chi connectivity index (χ0n) is 14.9. The number of benzene rings is 2. The maximum absolute atomic E-state index is 13.7. The summed E-state index contributed by atoms with van der Waals surface area (Å²) >= 11 is 1.60. The number of halogens is 1. The van der Waals surface area contributed by atoms with E-state index in [9.17, 15) is 9.18 Å². The third-order valence-corrected chi connectivity index (χ3v) is 5.51. The van der Waals surface area contributed by atoms with E-state index in [4.69, 9.17) is 0 Å². The second-order valence-electron chi connectivity index (χ2n) is 6.50. The van der Waals surface area contributed by atoms with Gasteiger partial charge in [-0.15, -0.1) is 11.3 Å². The van der Waals surface area contributed by atoms with E-state index in [1.807, 2.05) is 65.4 Å². The van der Waals surface area contributed by atoms with Crippen LogP contribution in [0.5, 0.6) is 0 Å². The van der Waals surface area contributed by atoms with Crippen molar-refractivity contribution >= 4 is 28.1 Å². The molecule has 0 saturated carbocycles. The lowest BCUT2D eigenvalue weighted by Crippen LogP contribution is -2.30. The molecular formula is C22H19FN2OS. The molecule has 4 rings (SSSR count). The first-order valence-corrected chi connectivity index (χ1v) is 9.67. The number of thiophene rings is 1. The fourth-order valence-electron chi connectivity index (χ4n) is 3.30. The molecule has 2 aromatic carbocycles. The molecule has 0 aliphatic rings. The van der Waals surface area contributed by atoms with Crippen LogP contribution in [0.2, 0.25) is 0 Å². The molecule has 3 nitrogen and oxygen atoms in total. The van der Waals surface area contributed by atoms with Gasteiger partial charge in [0.05, 0.1) is 16.6 Å². The predicted octanol–water partition coefficient (Wildman–Crippen LogP) is 5.39. The number of hydrogen-bond donors (Lipinski definition) is 1. The fourth-order valence-corrected chi connectivity index (χ4v) is 4.05. The number of carbonyl (C=O) groups is 1. The molecule has 0 unspecified atom stereocenters. The van der Waals surface area contributed by atoms with Crippen LogP contribution in [0.1, 0.15) is 18.5 Å². The van der Waals surface area contributed by atoms with Crippen LogP contribution in [0, 0.1) is 5.82 Å². The van der Waals surface area contributed by atoms with Gasteiger partial charge >= 0.3 is 0 Å². The molecule has 5 heteroatoms. The van der Waals surface area contributed by atoms with Crippen LogP contribution in [0.25, 0.3) is 21.5 Å². The van der Waals surface area contributed by atoms with Gasteiger partial charge in [-0.2, -0.15) is 0 Å². The number of nitrogens with zero attached hydrogens (tertiary/aromatic N) is 1. The van der Waals surface area contributed by atoms with Crippen molar-refractivity contribution in [3.8, 4) is 10.6 Å². The molecule has 0 bridgehead atoms. The zero-order valence-corrected chi connectivity index (χ0v) is 15.7. The Morgan fingerprint density at radius 2 is 1.93 bits per heavy atom. The maximum Gasteiger partial charge on any atom is 0.240 e. The van der Waals surface area contributed by atoms with Crippen LogP contribution in [-0.4, -0.2) is 10.5 Å². The van der Waals surface area contributed by atoms with Crippen molar-refractivity contribution in [3.63, 3.8) is 0 Å². The highest BCUT2D eigenvalue weighted by molar-refractivity contribution is 7.13. The molecule has 0 aliphatic carbocycles. The molecule has 0 spiro atoms. The predicted molar refractivity (Wildman–Crippen MR) is 108 cm³/mol. The Kier molecular flexibility index (Phi) is 4.77. The number of rotatable bonds is 5. The largest absolute Gasteiger partial charge is 0.348 e. The minimum atomic E-state index is -0.278. The second-order valence-corrected chi connectivity index (χ2v) is 7.44. The van der Waals surface area contributed by atoms with Crippen molar-refractivity contribution in [3.05, 3.63) is 83.5 Å². The number of aromatic nitrogens is 1. The topological polar surface area (TPSA) is 34.0 Å². The van der Waals surface area contributed by atoms with Gasteiger partial charge in [-0.1, -0.05) is 36.4 Å². The molecule has 0 aliphatic heterocycles. The monoisotopic (exact) mass is 378 g/mol. The number of carbonyl (C=O) groups excluding carboxylic acids is 1. The smallest absolute Gasteiger partial charge is 0.240 e. The Hall–Kier alpha value is -2.92. The molecule has 136 valence electrons. The van der Waals surface area contributed by atoms with Crippen LogP contribution < -0.4 is 5.32 Å². The van der Waals surface area contributed by atoms with E-state index in [2.05, 4.69) is 5.32 Å². The molecule has 0 radical (unpaired) electrons. The molecule has 2 aromatic heterocycles. The van der Waals surface area contributed by atoms with Crippen molar-refractivity contribution in [2.24, 2.45) is 0 Å². The molecule has 1 amide bonds. The Morgan fingerprint density at radius 1 is 1.11 bits per heavy atom. The van der Waals surface area contributed by atoms with Gasteiger partial charge in [0.1, 0.15) is 12.4 Å². The molecule has 0 saturated heterocycles.